The highest BCUT2D eigenvalue weighted by molar-refractivity contribution is 7.98. The molecule has 1 aromatic rings. The SMILES string of the molecule is CSc1ccc(C(O)C(O)CO)cc1. The van der Waals surface area contributed by atoms with Gasteiger partial charge >= 0.3 is 0 Å². The minimum absolute atomic E-state index is 0.439. The Hall–Kier alpha value is -0.550. The Morgan fingerprint density at radius 1 is 1.21 bits per heavy atom. The molecule has 0 heterocycles. The molecular formula is C10H14O3S. The third-order valence-corrected chi connectivity index (χ3v) is 2.75. The van der Waals surface area contributed by atoms with Gasteiger partial charge in [0.15, 0.2) is 0 Å². The van der Waals surface area contributed by atoms with Crippen LogP contribution >= 0.6 is 11.8 Å². The fourth-order valence-corrected chi connectivity index (χ4v) is 1.53. The molecule has 0 spiro atoms. The molecule has 1 aromatic carbocycles. The lowest BCUT2D eigenvalue weighted by molar-refractivity contribution is -0.0152. The number of hydrogen-bond donors (Lipinski definition) is 3. The molecule has 0 amide bonds. The van der Waals surface area contributed by atoms with Crippen molar-refractivity contribution < 1.29 is 15.3 Å². The van der Waals surface area contributed by atoms with Crippen LogP contribution in [0.4, 0.5) is 0 Å². The first-order valence-corrected chi connectivity index (χ1v) is 5.52. The van der Waals surface area contributed by atoms with E-state index in [1.807, 2.05) is 18.4 Å². The summed E-state index contributed by atoms with van der Waals surface area (Å²) in [5.41, 5.74) is 0.615. The Morgan fingerprint density at radius 2 is 1.79 bits per heavy atom. The highest BCUT2D eigenvalue weighted by Gasteiger charge is 2.16. The number of aliphatic hydroxyl groups is 3. The number of hydrogen-bond acceptors (Lipinski definition) is 4. The second-order valence-corrected chi connectivity index (χ2v) is 3.85. The van der Waals surface area contributed by atoms with Gasteiger partial charge in [-0.2, -0.15) is 0 Å². The first-order chi connectivity index (χ1) is 6.69. The Labute approximate surface area is 87.4 Å². The molecule has 0 saturated heterocycles. The van der Waals surface area contributed by atoms with Crippen molar-refractivity contribution in [2.45, 2.75) is 17.1 Å². The van der Waals surface area contributed by atoms with Gasteiger partial charge in [-0.05, 0) is 24.0 Å². The second-order valence-electron chi connectivity index (χ2n) is 2.97. The van der Waals surface area contributed by atoms with E-state index in [9.17, 15) is 10.2 Å². The molecule has 1 rings (SSSR count). The van der Waals surface area contributed by atoms with Crippen molar-refractivity contribution in [1.29, 1.82) is 0 Å². The molecule has 0 aromatic heterocycles. The van der Waals surface area contributed by atoms with Crippen molar-refractivity contribution >= 4 is 11.8 Å². The minimum atomic E-state index is -1.12. The van der Waals surface area contributed by atoms with Crippen LogP contribution in [-0.2, 0) is 0 Å². The summed E-state index contributed by atoms with van der Waals surface area (Å²) in [5, 5.41) is 27.4. The predicted molar refractivity (Wildman–Crippen MR) is 56.3 cm³/mol. The van der Waals surface area contributed by atoms with E-state index in [2.05, 4.69) is 0 Å². The first kappa shape index (κ1) is 11.5. The highest BCUT2D eigenvalue weighted by Crippen LogP contribution is 2.20. The Bertz CT molecular complexity index is 273. The molecule has 3 N–H and O–H groups in total. The summed E-state index contributed by atoms with van der Waals surface area (Å²) < 4.78 is 0. The fourth-order valence-electron chi connectivity index (χ4n) is 1.12. The van der Waals surface area contributed by atoms with Gasteiger partial charge in [-0.1, -0.05) is 12.1 Å². The van der Waals surface area contributed by atoms with Crippen molar-refractivity contribution in [1.82, 2.24) is 0 Å². The van der Waals surface area contributed by atoms with Gasteiger partial charge in [0.2, 0.25) is 0 Å². The molecule has 78 valence electrons. The lowest BCUT2D eigenvalue weighted by Crippen LogP contribution is -2.21. The average Bonchev–Trinajstić information content (AvgIpc) is 2.27. The zero-order valence-electron chi connectivity index (χ0n) is 7.92. The van der Waals surface area contributed by atoms with Crippen LogP contribution in [0, 0.1) is 0 Å². The zero-order valence-corrected chi connectivity index (χ0v) is 8.74. The smallest absolute Gasteiger partial charge is 0.107 e. The number of aliphatic hydroxyl groups excluding tert-OH is 3. The average molecular weight is 214 g/mol. The van der Waals surface area contributed by atoms with Crippen molar-refractivity contribution in [3.63, 3.8) is 0 Å². The summed E-state index contributed by atoms with van der Waals surface area (Å²) in [6, 6.07) is 7.23. The molecule has 0 fully saturated rings. The molecule has 4 heteroatoms. The van der Waals surface area contributed by atoms with Crippen LogP contribution in [0.1, 0.15) is 11.7 Å². The molecule has 3 nitrogen and oxygen atoms in total. The summed E-state index contributed by atoms with van der Waals surface area (Å²) >= 11 is 1.61. The molecule has 2 atom stereocenters. The standard InChI is InChI=1S/C10H14O3S/c1-14-8-4-2-7(3-5-8)10(13)9(12)6-11/h2-5,9-13H,6H2,1H3. The maximum Gasteiger partial charge on any atom is 0.107 e. The number of benzene rings is 1. The fraction of sp³-hybridized carbons (Fsp3) is 0.400. The summed E-state index contributed by atoms with van der Waals surface area (Å²) in [6.45, 7) is -0.439. The highest BCUT2D eigenvalue weighted by atomic mass is 32.2. The molecule has 2 unspecified atom stereocenters. The first-order valence-electron chi connectivity index (χ1n) is 4.30. The summed E-state index contributed by atoms with van der Waals surface area (Å²) in [7, 11) is 0. The van der Waals surface area contributed by atoms with Crippen LogP contribution in [-0.4, -0.2) is 34.3 Å². The quantitative estimate of drug-likeness (QED) is 0.649. The second kappa shape index (κ2) is 5.36. The normalized spacial score (nSPS) is 15.1. The van der Waals surface area contributed by atoms with Gasteiger partial charge in [0, 0.05) is 4.90 Å². The zero-order chi connectivity index (χ0) is 10.6. The molecule has 0 bridgehead atoms. The van der Waals surface area contributed by atoms with E-state index in [0.29, 0.717) is 5.56 Å². The van der Waals surface area contributed by atoms with Crippen LogP contribution in [0.25, 0.3) is 0 Å². The van der Waals surface area contributed by atoms with Gasteiger partial charge in [-0.25, -0.2) is 0 Å². The monoisotopic (exact) mass is 214 g/mol. The molecule has 0 aliphatic carbocycles. The van der Waals surface area contributed by atoms with Gasteiger partial charge < -0.3 is 15.3 Å². The van der Waals surface area contributed by atoms with Crippen molar-refractivity contribution in [2.24, 2.45) is 0 Å². The van der Waals surface area contributed by atoms with Crippen molar-refractivity contribution in [2.75, 3.05) is 12.9 Å². The molecule has 0 radical (unpaired) electrons. The van der Waals surface area contributed by atoms with Crippen LogP contribution in [0.5, 0.6) is 0 Å². The van der Waals surface area contributed by atoms with E-state index in [-0.39, 0.29) is 0 Å². The largest absolute Gasteiger partial charge is 0.394 e. The summed E-state index contributed by atoms with van der Waals surface area (Å²) in [6.07, 6.45) is -0.167. The number of thioether (sulfide) groups is 1. The van der Waals surface area contributed by atoms with Crippen LogP contribution < -0.4 is 0 Å². The van der Waals surface area contributed by atoms with Gasteiger partial charge in [0.25, 0.3) is 0 Å². The van der Waals surface area contributed by atoms with E-state index in [4.69, 9.17) is 5.11 Å². The Kier molecular flexibility index (Phi) is 4.41. The van der Waals surface area contributed by atoms with E-state index in [1.54, 1.807) is 23.9 Å². The van der Waals surface area contributed by atoms with Gasteiger partial charge in [0.1, 0.15) is 12.2 Å². The third kappa shape index (κ3) is 2.72. The lowest BCUT2D eigenvalue weighted by atomic mass is 10.1. The molecule has 0 aliphatic rings. The van der Waals surface area contributed by atoms with E-state index in [0.717, 1.165) is 4.90 Å². The Morgan fingerprint density at radius 3 is 2.21 bits per heavy atom. The molecule has 14 heavy (non-hydrogen) atoms. The minimum Gasteiger partial charge on any atom is -0.394 e. The van der Waals surface area contributed by atoms with Crippen molar-refractivity contribution in [3.8, 4) is 0 Å². The maximum absolute atomic E-state index is 9.54. The van der Waals surface area contributed by atoms with Gasteiger partial charge in [0.05, 0.1) is 6.61 Å². The predicted octanol–water partition coefficient (Wildman–Crippen LogP) is 0.795. The van der Waals surface area contributed by atoms with Crippen molar-refractivity contribution in [3.05, 3.63) is 29.8 Å². The van der Waals surface area contributed by atoms with E-state index >= 15 is 0 Å². The summed E-state index contributed by atoms with van der Waals surface area (Å²) in [4.78, 5) is 1.10. The van der Waals surface area contributed by atoms with Gasteiger partial charge in [-0.15, -0.1) is 11.8 Å². The summed E-state index contributed by atoms with van der Waals surface area (Å²) in [5.74, 6) is 0. The topological polar surface area (TPSA) is 60.7 Å². The van der Waals surface area contributed by atoms with E-state index in [1.165, 1.54) is 0 Å². The Balaban J connectivity index is 2.75. The third-order valence-electron chi connectivity index (χ3n) is 2.01. The lowest BCUT2D eigenvalue weighted by Gasteiger charge is -2.15. The van der Waals surface area contributed by atoms with Crippen LogP contribution in [0.15, 0.2) is 29.2 Å². The van der Waals surface area contributed by atoms with E-state index < -0.39 is 18.8 Å². The maximum atomic E-state index is 9.54. The van der Waals surface area contributed by atoms with Crippen LogP contribution in [0.3, 0.4) is 0 Å². The number of rotatable bonds is 4. The molecular weight excluding hydrogens is 200 g/mol. The van der Waals surface area contributed by atoms with Crippen LogP contribution in [0.2, 0.25) is 0 Å². The molecule has 0 aliphatic heterocycles. The van der Waals surface area contributed by atoms with Gasteiger partial charge in [-0.3, -0.25) is 0 Å². The molecule has 0 saturated carbocycles.